The van der Waals surface area contributed by atoms with E-state index < -0.39 is 16.6 Å². The summed E-state index contributed by atoms with van der Waals surface area (Å²) >= 11 is 0. The molecule has 1 amide bonds. The highest BCUT2D eigenvalue weighted by Gasteiger charge is 2.15. The third kappa shape index (κ3) is 5.42. The maximum absolute atomic E-state index is 13.1. The van der Waals surface area contributed by atoms with Gasteiger partial charge in [-0.25, -0.2) is 4.39 Å². The minimum Gasteiger partial charge on any atom is -0.487 e. The summed E-state index contributed by atoms with van der Waals surface area (Å²) in [4.78, 5) is 22.4. The molecule has 0 aliphatic heterocycles. The Bertz CT molecular complexity index is 805. The largest absolute Gasteiger partial charge is 0.487 e. The number of halogens is 1. The molecule has 2 aromatic carbocycles. The third-order valence-corrected chi connectivity index (χ3v) is 3.16. The number of hydrogen-bond acceptors (Lipinski definition) is 4. The molecule has 0 aromatic heterocycles. The predicted octanol–water partition coefficient (Wildman–Crippen LogP) is 4.17. The first-order valence-electron chi connectivity index (χ1n) is 7.65. The van der Waals surface area contributed by atoms with Crippen molar-refractivity contribution in [1.29, 1.82) is 0 Å². The Kier molecular flexibility index (Phi) is 6.22. The highest BCUT2D eigenvalue weighted by atomic mass is 19.1. The van der Waals surface area contributed by atoms with Crippen molar-refractivity contribution in [3.63, 3.8) is 0 Å². The molecule has 2 aromatic rings. The quantitative estimate of drug-likeness (QED) is 0.464. The molecule has 0 saturated heterocycles. The molecule has 7 heteroatoms. The monoisotopic (exact) mass is 344 g/mol. The zero-order valence-corrected chi connectivity index (χ0v) is 13.6. The van der Waals surface area contributed by atoms with Crippen molar-refractivity contribution in [1.82, 2.24) is 0 Å². The minimum absolute atomic E-state index is 0.166. The second-order valence-electron chi connectivity index (χ2n) is 5.17. The van der Waals surface area contributed by atoms with Crippen molar-refractivity contribution in [2.75, 3.05) is 11.9 Å². The van der Waals surface area contributed by atoms with Crippen LogP contribution in [0.5, 0.6) is 5.75 Å². The molecule has 0 atom stereocenters. The van der Waals surface area contributed by atoms with Crippen LogP contribution in [0.2, 0.25) is 0 Å². The number of hydrogen-bond donors (Lipinski definition) is 1. The van der Waals surface area contributed by atoms with Gasteiger partial charge in [-0.05, 0) is 42.3 Å². The highest BCUT2D eigenvalue weighted by Crippen LogP contribution is 2.28. The topological polar surface area (TPSA) is 81.5 Å². The molecule has 1 N–H and O–H groups in total. The summed E-state index contributed by atoms with van der Waals surface area (Å²) in [5, 5.41) is 13.6. The summed E-state index contributed by atoms with van der Waals surface area (Å²) in [6, 6.07) is 9.94. The molecule has 6 nitrogen and oxygen atoms in total. The van der Waals surface area contributed by atoms with Gasteiger partial charge in [-0.2, -0.15) is 0 Å². The Morgan fingerprint density at radius 3 is 2.80 bits per heavy atom. The summed E-state index contributed by atoms with van der Waals surface area (Å²) in [5.74, 6) is -0.743. The maximum atomic E-state index is 13.1. The fourth-order valence-electron chi connectivity index (χ4n) is 2.04. The van der Waals surface area contributed by atoms with Gasteiger partial charge in [0, 0.05) is 17.8 Å². The molecule has 0 aliphatic carbocycles. The van der Waals surface area contributed by atoms with Gasteiger partial charge >= 0.3 is 5.69 Å². The van der Waals surface area contributed by atoms with Gasteiger partial charge in [0.15, 0.2) is 5.75 Å². The van der Waals surface area contributed by atoms with E-state index in [-0.39, 0.29) is 11.4 Å². The van der Waals surface area contributed by atoms with E-state index >= 15 is 0 Å². The molecule has 0 radical (unpaired) electrons. The van der Waals surface area contributed by atoms with E-state index in [9.17, 15) is 19.3 Å². The van der Waals surface area contributed by atoms with E-state index in [0.29, 0.717) is 17.9 Å². The fraction of sp³-hybridized carbons (Fsp3) is 0.167. The van der Waals surface area contributed by atoms with Crippen LogP contribution in [0.15, 0.2) is 48.5 Å². The van der Waals surface area contributed by atoms with Gasteiger partial charge in [0.2, 0.25) is 5.91 Å². The van der Waals surface area contributed by atoms with Gasteiger partial charge in [0.25, 0.3) is 0 Å². The summed E-state index contributed by atoms with van der Waals surface area (Å²) in [6.45, 7) is 2.28. The van der Waals surface area contributed by atoms with Crippen molar-refractivity contribution < 1.29 is 18.8 Å². The van der Waals surface area contributed by atoms with Crippen LogP contribution >= 0.6 is 0 Å². The van der Waals surface area contributed by atoms with E-state index in [4.69, 9.17) is 4.74 Å². The fourth-order valence-corrected chi connectivity index (χ4v) is 2.04. The molecule has 0 bridgehead atoms. The lowest BCUT2D eigenvalue weighted by atomic mass is 10.1. The number of amides is 1. The van der Waals surface area contributed by atoms with Crippen LogP contribution in [0.25, 0.3) is 6.08 Å². The average molecular weight is 344 g/mol. The van der Waals surface area contributed by atoms with Crippen LogP contribution in [-0.2, 0) is 4.79 Å². The lowest BCUT2D eigenvalue weighted by Gasteiger charge is -2.06. The third-order valence-electron chi connectivity index (χ3n) is 3.16. The number of nitro groups is 1. The Morgan fingerprint density at radius 1 is 1.32 bits per heavy atom. The van der Waals surface area contributed by atoms with E-state index in [2.05, 4.69) is 5.32 Å². The number of ether oxygens (including phenoxy) is 1. The van der Waals surface area contributed by atoms with E-state index in [0.717, 1.165) is 6.42 Å². The summed E-state index contributed by atoms with van der Waals surface area (Å²) in [7, 11) is 0. The second-order valence-corrected chi connectivity index (χ2v) is 5.17. The first-order valence-corrected chi connectivity index (χ1v) is 7.65. The molecule has 130 valence electrons. The van der Waals surface area contributed by atoms with Gasteiger partial charge in [0.1, 0.15) is 5.82 Å². The number of benzene rings is 2. The van der Waals surface area contributed by atoms with Gasteiger partial charge in [-0.1, -0.05) is 19.1 Å². The highest BCUT2D eigenvalue weighted by molar-refractivity contribution is 6.01. The SMILES string of the molecule is CCCOc1ccc(/C=C/C(=O)Nc2cccc(F)c2)cc1[N+](=O)[O-]. The van der Waals surface area contributed by atoms with E-state index in [1.54, 1.807) is 12.1 Å². The number of carbonyl (C=O) groups excluding carboxylic acids is 1. The molecule has 0 heterocycles. The number of rotatable bonds is 7. The van der Waals surface area contributed by atoms with Gasteiger partial charge in [-0.3, -0.25) is 14.9 Å². The lowest BCUT2D eigenvalue weighted by molar-refractivity contribution is -0.385. The number of anilines is 1. The number of nitro benzene ring substituents is 1. The second kappa shape index (κ2) is 8.58. The van der Waals surface area contributed by atoms with Crippen LogP contribution in [0.3, 0.4) is 0 Å². The van der Waals surface area contributed by atoms with Crippen LogP contribution in [-0.4, -0.2) is 17.4 Å². The molecule has 25 heavy (non-hydrogen) atoms. The Hall–Kier alpha value is -3.22. The Labute approximate surface area is 144 Å². The van der Waals surface area contributed by atoms with Crippen LogP contribution in [0.1, 0.15) is 18.9 Å². The normalized spacial score (nSPS) is 10.6. The van der Waals surface area contributed by atoms with Crippen molar-refractivity contribution in [2.24, 2.45) is 0 Å². The summed E-state index contributed by atoms with van der Waals surface area (Å²) in [6.07, 6.45) is 3.39. The minimum atomic E-state index is -0.533. The molecule has 0 aliphatic rings. The van der Waals surface area contributed by atoms with Gasteiger partial charge < -0.3 is 10.1 Å². The Morgan fingerprint density at radius 2 is 2.12 bits per heavy atom. The van der Waals surface area contributed by atoms with E-state index in [1.165, 1.54) is 42.5 Å². The van der Waals surface area contributed by atoms with E-state index in [1.807, 2.05) is 6.92 Å². The first kappa shape index (κ1) is 18.1. The van der Waals surface area contributed by atoms with Crippen molar-refractivity contribution in [2.45, 2.75) is 13.3 Å². The predicted molar refractivity (Wildman–Crippen MR) is 92.9 cm³/mol. The molecule has 0 fully saturated rings. The average Bonchev–Trinajstić information content (AvgIpc) is 2.58. The van der Waals surface area contributed by atoms with Crippen LogP contribution in [0, 0.1) is 15.9 Å². The molecular formula is C18H17FN2O4. The van der Waals surface area contributed by atoms with Crippen LogP contribution in [0.4, 0.5) is 15.8 Å². The summed E-state index contributed by atoms with van der Waals surface area (Å²) < 4.78 is 18.4. The van der Waals surface area contributed by atoms with Crippen molar-refractivity contribution in [3.8, 4) is 5.75 Å². The van der Waals surface area contributed by atoms with Gasteiger partial charge in [0.05, 0.1) is 11.5 Å². The summed E-state index contributed by atoms with van der Waals surface area (Å²) in [5.41, 5.74) is 0.634. The molecule has 0 spiro atoms. The number of nitrogens with one attached hydrogen (secondary N) is 1. The molecule has 0 saturated carbocycles. The van der Waals surface area contributed by atoms with Gasteiger partial charge in [-0.15, -0.1) is 0 Å². The number of carbonyl (C=O) groups is 1. The molecule has 2 rings (SSSR count). The van der Waals surface area contributed by atoms with Crippen LogP contribution < -0.4 is 10.1 Å². The van der Waals surface area contributed by atoms with Crippen molar-refractivity contribution >= 4 is 23.4 Å². The molecular weight excluding hydrogens is 327 g/mol. The zero-order chi connectivity index (χ0) is 18.2. The number of nitrogens with zero attached hydrogens (tertiary/aromatic N) is 1. The maximum Gasteiger partial charge on any atom is 0.311 e. The lowest BCUT2D eigenvalue weighted by Crippen LogP contribution is -2.07. The molecule has 0 unspecified atom stereocenters. The smallest absolute Gasteiger partial charge is 0.311 e. The van der Waals surface area contributed by atoms with Crippen molar-refractivity contribution in [3.05, 3.63) is 70.0 Å². The standard InChI is InChI=1S/C18H17FN2O4/c1-2-10-25-17-8-6-13(11-16(17)21(23)24)7-9-18(22)20-15-5-3-4-14(19)12-15/h3-9,11-12H,2,10H2,1H3,(H,20,22)/b9-7+. The first-order chi connectivity index (χ1) is 12.0. The Balaban J connectivity index is 2.10. The zero-order valence-electron chi connectivity index (χ0n) is 13.6.